The average molecular weight is 266 g/mol. The second-order valence-electron chi connectivity index (χ2n) is 4.44. The lowest BCUT2D eigenvalue weighted by Gasteiger charge is -2.09. The topological polar surface area (TPSA) is 47.2 Å². The zero-order valence-electron chi connectivity index (χ0n) is 10.3. The van der Waals surface area contributed by atoms with Crippen molar-refractivity contribution in [2.45, 2.75) is 32.8 Å². The van der Waals surface area contributed by atoms with Gasteiger partial charge in [0.25, 0.3) is 0 Å². The van der Waals surface area contributed by atoms with E-state index in [1.54, 1.807) is 6.07 Å². The van der Waals surface area contributed by atoms with Crippen molar-refractivity contribution in [2.24, 2.45) is 0 Å². The molecule has 0 spiro atoms. The molecule has 0 aliphatic carbocycles. The minimum Gasteiger partial charge on any atom is -0.618 e. The summed E-state index contributed by atoms with van der Waals surface area (Å²) in [6.45, 7) is 2.08. The quantitative estimate of drug-likeness (QED) is 0.682. The molecule has 0 aliphatic rings. The number of aliphatic hydroxyl groups is 1. The number of rotatable bonds is 4. The Balaban J connectivity index is 2.64. The number of aliphatic hydroxyl groups excluding tert-OH is 1. The predicted octanol–water partition coefficient (Wildman–Crippen LogP) is 2.96. The first kappa shape index (κ1) is 13.1. The van der Waals surface area contributed by atoms with E-state index in [1.807, 2.05) is 12.1 Å². The van der Waals surface area contributed by atoms with Gasteiger partial charge < -0.3 is 10.3 Å². The van der Waals surface area contributed by atoms with Crippen LogP contribution in [-0.2, 0) is 13.0 Å². The van der Waals surface area contributed by atoms with Gasteiger partial charge in [0.1, 0.15) is 5.02 Å². The summed E-state index contributed by atoms with van der Waals surface area (Å²) >= 11 is 5.89. The van der Waals surface area contributed by atoms with Crippen molar-refractivity contribution in [2.75, 3.05) is 0 Å². The molecule has 0 atom stereocenters. The number of aryl methyl sites for hydroxylation is 1. The number of hydrogen-bond acceptors (Lipinski definition) is 2. The SMILES string of the molecule is CCCCc1cc(CO)cc2cc(Cl)c[n+]([O-])c12. The van der Waals surface area contributed by atoms with Crippen molar-refractivity contribution in [3.05, 3.63) is 45.8 Å². The van der Waals surface area contributed by atoms with Crippen LogP contribution in [0.2, 0.25) is 5.02 Å². The van der Waals surface area contributed by atoms with E-state index >= 15 is 0 Å². The number of benzene rings is 1. The van der Waals surface area contributed by atoms with Crippen molar-refractivity contribution in [3.63, 3.8) is 0 Å². The molecule has 2 rings (SSSR count). The Bertz CT molecular complexity index is 569. The first-order valence-corrected chi connectivity index (χ1v) is 6.48. The zero-order valence-corrected chi connectivity index (χ0v) is 11.1. The van der Waals surface area contributed by atoms with Crippen molar-refractivity contribution in [1.29, 1.82) is 0 Å². The normalized spacial score (nSPS) is 11.1. The number of halogens is 1. The Morgan fingerprint density at radius 1 is 1.33 bits per heavy atom. The van der Waals surface area contributed by atoms with Gasteiger partial charge in [-0.1, -0.05) is 24.9 Å². The van der Waals surface area contributed by atoms with E-state index in [-0.39, 0.29) is 6.61 Å². The van der Waals surface area contributed by atoms with Crippen LogP contribution in [0, 0.1) is 5.21 Å². The van der Waals surface area contributed by atoms with Gasteiger partial charge in [-0.2, -0.15) is 4.73 Å². The van der Waals surface area contributed by atoms with Crippen LogP contribution in [0.15, 0.2) is 24.4 Å². The van der Waals surface area contributed by atoms with Crippen LogP contribution in [0.1, 0.15) is 30.9 Å². The fraction of sp³-hybridized carbons (Fsp3) is 0.357. The van der Waals surface area contributed by atoms with Gasteiger partial charge >= 0.3 is 0 Å². The molecule has 0 fully saturated rings. The van der Waals surface area contributed by atoms with Crippen molar-refractivity contribution in [1.82, 2.24) is 0 Å². The smallest absolute Gasteiger partial charge is 0.227 e. The molecule has 0 radical (unpaired) electrons. The Morgan fingerprint density at radius 2 is 2.11 bits per heavy atom. The summed E-state index contributed by atoms with van der Waals surface area (Å²) < 4.78 is 0.823. The predicted molar refractivity (Wildman–Crippen MR) is 72.5 cm³/mol. The van der Waals surface area contributed by atoms with Gasteiger partial charge in [0.2, 0.25) is 5.52 Å². The van der Waals surface area contributed by atoms with Crippen LogP contribution in [0.25, 0.3) is 10.9 Å². The number of nitrogens with zero attached hydrogens (tertiary/aromatic N) is 1. The Labute approximate surface area is 111 Å². The molecule has 0 bridgehead atoms. The standard InChI is InChI=1S/C14H16ClNO2/c1-2-3-4-11-5-10(9-17)6-12-7-13(15)8-16(18)14(11)12/h5-8,17H,2-4,9H2,1H3. The molecule has 2 aromatic rings. The third kappa shape index (κ3) is 2.57. The van der Waals surface area contributed by atoms with E-state index in [1.165, 1.54) is 6.20 Å². The highest BCUT2D eigenvalue weighted by atomic mass is 35.5. The maximum absolute atomic E-state index is 12.0. The molecule has 18 heavy (non-hydrogen) atoms. The summed E-state index contributed by atoms with van der Waals surface area (Å²) in [7, 11) is 0. The van der Waals surface area contributed by atoms with Crippen LogP contribution in [0.4, 0.5) is 0 Å². The van der Waals surface area contributed by atoms with Gasteiger partial charge in [0.05, 0.1) is 6.61 Å². The molecular weight excluding hydrogens is 250 g/mol. The van der Waals surface area contributed by atoms with Gasteiger partial charge in [-0.3, -0.25) is 0 Å². The third-order valence-electron chi connectivity index (χ3n) is 3.01. The molecule has 3 nitrogen and oxygen atoms in total. The summed E-state index contributed by atoms with van der Waals surface area (Å²) in [6, 6.07) is 5.48. The highest BCUT2D eigenvalue weighted by Gasteiger charge is 2.13. The number of aromatic nitrogens is 1. The van der Waals surface area contributed by atoms with E-state index in [2.05, 4.69) is 6.92 Å². The maximum atomic E-state index is 12.0. The molecule has 0 unspecified atom stereocenters. The van der Waals surface area contributed by atoms with E-state index in [9.17, 15) is 10.3 Å². The largest absolute Gasteiger partial charge is 0.618 e. The molecule has 1 aromatic carbocycles. The monoisotopic (exact) mass is 265 g/mol. The zero-order chi connectivity index (χ0) is 13.1. The van der Waals surface area contributed by atoms with Crippen LogP contribution >= 0.6 is 11.6 Å². The average Bonchev–Trinajstić information content (AvgIpc) is 2.34. The lowest BCUT2D eigenvalue weighted by molar-refractivity contribution is -0.577. The number of fused-ring (bicyclic) bond motifs is 1. The summed E-state index contributed by atoms with van der Waals surface area (Å²) in [4.78, 5) is 0. The number of hydrogen-bond donors (Lipinski definition) is 1. The summed E-state index contributed by atoms with van der Waals surface area (Å²) in [5.74, 6) is 0. The van der Waals surface area contributed by atoms with Gasteiger partial charge in [0.15, 0.2) is 6.20 Å². The first-order valence-electron chi connectivity index (χ1n) is 6.10. The number of unbranched alkanes of at least 4 members (excludes halogenated alkanes) is 1. The number of pyridine rings is 1. The maximum Gasteiger partial charge on any atom is 0.227 e. The van der Waals surface area contributed by atoms with Gasteiger partial charge in [-0.05, 0) is 36.6 Å². The summed E-state index contributed by atoms with van der Waals surface area (Å²) in [5.41, 5.74) is 2.45. The lowest BCUT2D eigenvalue weighted by atomic mass is 10.0. The van der Waals surface area contributed by atoms with Crippen LogP contribution < -0.4 is 4.73 Å². The summed E-state index contributed by atoms with van der Waals surface area (Å²) in [5, 5.41) is 22.4. The van der Waals surface area contributed by atoms with Gasteiger partial charge in [0, 0.05) is 10.9 Å². The first-order chi connectivity index (χ1) is 8.65. The van der Waals surface area contributed by atoms with E-state index < -0.39 is 0 Å². The Hall–Kier alpha value is -1.32. The van der Waals surface area contributed by atoms with Crippen LogP contribution in [-0.4, -0.2) is 5.11 Å². The molecule has 0 saturated carbocycles. The van der Waals surface area contributed by atoms with Crippen LogP contribution in [0.5, 0.6) is 0 Å². The molecule has 1 heterocycles. The van der Waals surface area contributed by atoms with Crippen LogP contribution in [0.3, 0.4) is 0 Å². The van der Waals surface area contributed by atoms with Gasteiger partial charge in [-0.15, -0.1) is 0 Å². The molecular formula is C14H16ClNO2. The van der Waals surface area contributed by atoms with Crippen molar-refractivity contribution in [3.8, 4) is 0 Å². The fourth-order valence-electron chi connectivity index (χ4n) is 2.18. The molecule has 96 valence electrons. The summed E-state index contributed by atoms with van der Waals surface area (Å²) in [6.07, 6.45) is 4.30. The lowest BCUT2D eigenvalue weighted by Crippen LogP contribution is -2.27. The van der Waals surface area contributed by atoms with Gasteiger partial charge in [-0.25, -0.2) is 0 Å². The Kier molecular flexibility index (Phi) is 4.04. The minimum absolute atomic E-state index is 0.0273. The molecule has 4 heteroatoms. The van der Waals surface area contributed by atoms with E-state index in [0.717, 1.165) is 40.5 Å². The Morgan fingerprint density at radius 3 is 2.78 bits per heavy atom. The second kappa shape index (κ2) is 5.55. The minimum atomic E-state index is -0.0273. The molecule has 0 aliphatic heterocycles. The highest BCUT2D eigenvalue weighted by molar-refractivity contribution is 6.30. The van der Waals surface area contributed by atoms with Crippen molar-refractivity contribution < 1.29 is 9.84 Å². The molecule has 0 saturated heterocycles. The molecule has 0 amide bonds. The fourth-order valence-corrected chi connectivity index (χ4v) is 2.38. The molecule has 1 aromatic heterocycles. The van der Waals surface area contributed by atoms with Crippen molar-refractivity contribution >= 4 is 22.5 Å². The highest BCUT2D eigenvalue weighted by Crippen LogP contribution is 2.22. The molecule has 1 N–H and O–H groups in total. The third-order valence-corrected chi connectivity index (χ3v) is 3.22. The second-order valence-corrected chi connectivity index (χ2v) is 4.87. The van der Waals surface area contributed by atoms with E-state index in [4.69, 9.17) is 11.6 Å². The van der Waals surface area contributed by atoms with E-state index in [0.29, 0.717) is 10.5 Å².